The highest BCUT2D eigenvalue weighted by Crippen LogP contribution is 2.32. The van der Waals surface area contributed by atoms with Gasteiger partial charge >= 0.3 is 0 Å². The number of anilines is 2. The van der Waals surface area contributed by atoms with Crippen molar-refractivity contribution in [3.63, 3.8) is 0 Å². The lowest BCUT2D eigenvalue weighted by atomic mass is 10.1. The van der Waals surface area contributed by atoms with Gasteiger partial charge in [-0.3, -0.25) is 4.98 Å². The molecule has 0 aliphatic carbocycles. The smallest absolute Gasteiger partial charge is 0.126 e. The lowest BCUT2D eigenvalue weighted by Crippen LogP contribution is -1.92. The molecule has 0 saturated carbocycles. The van der Waals surface area contributed by atoms with Crippen LogP contribution in [0.2, 0.25) is 0 Å². The van der Waals surface area contributed by atoms with Crippen molar-refractivity contribution < 1.29 is 0 Å². The van der Waals surface area contributed by atoms with Gasteiger partial charge < -0.3 is 11.5 Å². The van der Waals surface area contributed by atoms with Crippen LogP contribution in [0.5, 0.6) is 0 Å². The van der Waals surface area contributed by atoms with Gasteiger partial charge in [0.15, 0.2) is 0 Å². The van der Waals surface area contributed by atoms with Gasteiger partial charge in [0.05, 0.1) is 5.69 Å². The topological polar surface area (TPSA) is 77.8 Å². The molecule has 19 heavy (non-hydrogen) atoms. The fraction of sp³-hybridized carbons (Fsp3) is 0. The second kappa shape index (κ2) is 4.70. The second-order valence-corrected chi connectivity index (χ2v) is 4.98. The average Bonchev–Trinajstić information content (AvgIpc) is 2.89. The molecule has 94 valence electrons. The van der Waals surface area contributed by atoms with Crippen molar-refractivity contribution in [2.45, 2.75) is 0 Å². The Morgan fingerprint density at radius 3 is 2.74 bits per heavy atom. The van der Waals surface area contributed by atoms with Crippen LogP contribution in [0.25, 0.3) is 21.8 Å². The summed E-state index contributed by atoms with van der Waals surface area (Å²) in [6.45, 7) is 0. The zero-order valence-corrected chi connectivity index (χ0v) is 10.9. The van der Waals surface area contributed by atoms with Gasteiger partial charge in [-0.05, 0) is 30.3 Å². The zero-order chi connectivity index (χ0) is 13.2. The first-order valence-electron chi connectivity index (χ1n) is 5.75. The van der Waals surface area contributed by atoms with Gasteiger partial charge in [-0.2, -0.15) is 0 Å². The molecule has 0 atom stereocenters. The van der Waals surface area contributed by atoms with Crippen molar-refractivity contribution in [3.8, 4) is 21.8 Å². The molecule has 0 bridgehead atoms. The quantitative estimate of drug-likeness (QED) is 0.700. The summed E-state index contributed by atoms with van der Waals surface area (Å²) < 4.78 is 0. The van der Waals surface area contributed by atoms with E-state index in [2.05, 4.69) is 9.97 Å². The van der Waals surface area contributed by atoms with E-state index in [1.54, 1.807) is 29.8 Å². The molecule has 0 fully saturated rings. The molecule has 4 nitrogen and oxygen atoms in total. The Balaban J connectivity index is 2.02. The molecule has 0 spiro atoms. The van der Waals surface area contributed by atoms with Crippen molar-refractivity contribution in [1.29, 1.82) is 0 Å². The molecule has 0 amide bonds. The van der Waals surface area contributed by atoms with Crippen LogP contribution < -0.4 is 11.5 Å². The Morgan fingerprint density at radius 1 is 1.11 bits per heavy atom. The SMILES string of the molecule is Nc1ccc(-c2nc(-c3cccnc3)cs2)c(N)c1. The first-order chi connectivity index (χ1) is 9.24. The molecular weight excluding hydrogens is 256 g/mol. The predicted octanol–water partition coefficient (Wildman–Crippen LogP) is 3.04. The van der Waals surface area contributed by atoms with Crippen molar-refractivity contribution >= 4 is 22.7 Å². The van der Waals surface area contributed by atoms with Crippen LogP contribution in [0.1, 0.15) is 0 Å². The minimum atomic E-state index is 0.645. The van der Waals surface area contributed by atoms with Crippen molar-refractivity contribution in [2.75, 3.05) is 11.5 Å². The molecule has 0 radical (unpaired) electrons. The highest BCUT2D eigenvalue weighted by molar-refractivity contribution is 7.13. The van der Waals surface area contributed by atoms with E-state index in [0.29, 0.717) is 11.4 Å². The summed E-state index contributed by atoms with van der Waals surface area (Å²) in [5.41, 5.74) is 15.8. The maximum absolute atomic E-state index is 5.98. The number of aromatic nitrogens is 2. The monoisotopic (exact) mass is 268 g/mol. The Morgan fingerprint density at radius 2 is 2.00 bits per heavy atom. The molecule has 0 aliphatic heterocycles. The highest BCUT2D eigenvalue weighted by atomic mass is 32.1. The van der Waals surface area contributed by atoms with Gasteiger partial charge in [-0.25, -0.2) is 4.98 Å². The predicted molar refractivity (Wildman–Crippen MR) is 79.6 cm³/mol. The number of hydrogen-bond donors (Lipinski definition) is 2. The van der Waals surface area contributed by atoms with Gasteiger partial charge in [0.2, 0.25) is 0 Å². The van der Waals surface area contributed by atoms with Crippen LogP contribution in [0.3, 0.4) is 0 Å². The van der Waals surface area contributed by atoms with Crippen LogP contribution >= 0.6 is 11.3 Å². The van der Waals surface area contributed by atoms with E-state index in [1.165, 1.54) is 0 Å². The fourth-order valence-corrected chi connectivity index (χ4v) is 2.70. The maximum atomic E-state index is 5.98. The summed E-state index contributed by atoms with van der Waals surface area (Å²) in [7, 11) is 0. The lowest BCUT2D eigenvalue weighted by molar-refractivity contribution is 1.31. The Bertz CT molecular complexity index is 706. The molecule has 0 aliphatic rings. The number of nitrogen functional groups attached to an aromatic ring is 2. The first-order valence-corrected chi connectivity index (χ1v) is 6.63. The van der Waals surface area contributed by atoms with E-state index < -0.39 is 0 Å². The first kappa shape index (κ1) is 11.7. The minimum absolute atomic E-state index is 0.645. The van der Waals surface area contributed by atoms with E-state index in [-0.39, 0.29) is 0 Å². The molecule has 0 saturated heterocycles. The number of thiazole rings is 1. The van der Waals surface area contributed by atoms with Gasteiger partial charge in [0.1, 0.15) is 5.01 Å². The number of pyridine rings is 1. The van der Waals surface area contributed by atoms with Crippen LogP contribution in [0.4, 0.5) is 11.4 Å². The lowest BCUT2D eigenvalue weighted by Gasteiger charge is -2.02. The third kappa shape index (κ3) is 2.28. The zero-order valence-electron chi connectivity index (χ0n) is 10.1. The minimum Gasteiger partial charge on any atom is -0.399 e. The van der Waals surface area contributed by atoms with Crippen molar-refractivity contribution in [2.24, 2.45) is 0 Å². The molecule has 3 aromatic rings. The van der Waals surface area contributed by atoms with Crippen LogP contribution in [0, 0.1) is 0 Å². The molecule has 1 aromatic carbocycles. The number of benzene rings is 1. The summed E-state index contributed by atoms with van der Waals surface area (Å²) in [6.07, 6.45) is 3.54. The van der Waals surface area contributed by atoms with Gasteiger partial charge in [0.25, 0.3) is 0 Å². The second-order valence-electron chi connectivity index (χ2n) is 4.13. The molecule has 3 rings (SSSR count). The molecule has 2 aromatic heterocycles. The van der Waals surface area contributed by atoms with E-state index in [9.17, 15) is 0 Å². The summed E-state index contributed by atoms with van der Waals surface area (Å²) >= 11 is 1.56. The molecule has 4 N–H and O–H groups in total. The largest absolute Gasteiger partial charge is 0.399 e. The highest BCUT2D eigenvalue weighted by Gasteiger charge is 2.09. The Kier molecular flexibility index (Phi) is 2.89. The fourth-order valence-electron chi connectivity index (χ4n) is 1.82. The summed E-state index contributed by atoms with van der Waals surface area (Å²) in [5, 5.41) is 2.89. The van der Waals surface area contributed by atoms with Crippen LogP contribution in [-0.2, 0) is 0 Å². The van der Waals surface area contributed by atoms with E-state index >= 15 is 0 Å². The standard InChI is InChI=1S/C14H12N4S/c15-10-3-4-11(12(16)6-10)14-18-13(8-19-14)9-2-1-5-17-7-9/h1-8H,15-16H2. The molecule has 0 unspecified atom stereocenters. The Labute approximate surface area is 114 Å². The number of nitrogens with two attached hydrogens (primary N) is 2. The number of hydrogen-bond acceptors (Lipinski definition) is 5. The maximum Gasteiger partial charge on any atom is 0.126 e. The van der Waals surface area contributed by atoms with Gasteiger partial charge in [0, 0.05) is 40.3 Å². The van der Waals surface area contributed by atoms with Gasteiger partial charge in [-0.15, -0.1) is 11.3 Å². The van der Waals surface area contributed by atoms with Crippen molar-refractivity contribution in [1.82, 2.24) is 9.97 Å². The normalized spacial score (nSPS) is 10.5. The summed E-state index contributed by atoms with van der Waals surface area (Å²) in [6, 6.07) is 9.36. The van der Waals surface area contributed by atoms with Crippen LogP contribution in [0.15, 0.2) is 48.1 Å². The number of nitrogens with zero attached hydrogens (tertiary/aromatic N) is 2. The summed E-state index contributed by atoms with van der Waals surface area (Å²) in [4.78, 5) is 8.69. The molecule has 2 heterocycles. The molecule has 5 heteroatoms. The summed E-state index contributed by atoms with van der Waals surface area (Å²) in [5.74, 6) is 0. The van der Waals surface area contributed by atoms with Gasteiger partial charge in [-0.1, -0.05) is 0 Å². The third-order valence-electron chi connectivity index (χ3n) is 2.77. The number of rotatable bonds is 2. The van der Waals surface area contributed by atoms with E-state index in [1.807, 2.05) is 29.6 Å². The Hall–Kier alpha value is -2.40. The van der Waals surface area contributed by atoms with E-state index in [0.717, 1.165) is 21.8 Å². The third-order valence-corrected chi connectivity index (χ3v) is 3.64. The average molecular weight is 268 g/mol. The van der Waals surface area contributed by atoms with E-state index in [4.69, 9.17) is 11.5 Å². The van der Waals surface area contributed by atoms with Crippen LogP contribution in [-0.4, -0.2) is 9.97 Å². The molecular formula is C14H12N4S. The van der Waals surface area contributed by atoms with Crippen molar-refractivity contribution in [3.05, 3.63) is 48.1 Å².